The number of unbranched alkanes of at least 4 members (excludes halogenated alkanes) is 22. The van der Waals surface area contributed by atoms with Gasteiger partial charge in [-0.1, -0.05) is 203 Å². The van der Waals surface area contributed by atoms with Crippen LogP contribution in [0.2, 0.25) is 0 Å². The zero-order chi connectivity index (χ0) is 48.2. The molecule has 12 nitrogen and oxygen atoms in total. The highest BCUT2D eigenvalue weighted by Crippen LogP contribution is 2.26. The zero-order valence-corrected chi connectivity index (χ0v) is 42.1. The van der Waals surface area contributed by atoms with Crippen molar-refractivity contribution in [3.63, 3.8) is 0 Å². The molecule has 1 fully saturated rings. The normalized spacial score (nSPS) is 20.0. The van der Waals surface area contributed by atoms with Gasteiger partial charge in [-0.25, -0.2) is 4.18 Å². The molecular weight excluding hydrogens is 861 g/mol. The third-order valence-corrected chi connectivity index (χ3v) is 12.1. The zero-order valence-electron chi connectivity index (χ0n) is 41.2. The van der Waals surface area contributed by atoms with Crippen molar-refractivity contribution in [1.82, 2.24) is 0 Å². The molecule has 1 rings (SSSR count). The van der Waals surface area contributed by atoms with Gasteiger partial charge in [-0.2, -0.15) is 8.42 Å². The molecule has 4 N–H and O–H groups in total. The SMILES string of the molecule is CC/C=C\C/C=C\C/C=C\C/C=C\C/C=C\CCCCCCCCCC(=O)OC(COCCCCCCCCCCCCCCCCCC)COC1OC(CO)C(O)C(OS(=O)(=O)O)C1O. The molecule has 0 saturated carbocycles. The molecule has 0 spiro atoms. The van der Waals surface area contributed by atoms with E-state index >= 15 is 0 Å². The van der Waals surface area contributed by atoms with Crippen LogP contribution in [0.15, 0.2) is 60.8 Å². The van der Waals surface area contributed by atoms with E-state index in [2.05, 4.69) is 78.8 Å². The molecule has 6 unspecified atom stereocenters. The van der Waals surface area contributed by atoms with Gasteiger partial charge in [0.2, 0.25) is 0 Å². The first kappa shape index (κ1) is 61.8. The Morgan fingerprint density at radius 2 is 1.05 bits per heavy atom. The summed E-state index contributed by atoms with van der Waals surface area (Å²) in [5, 5.41) is 30.8. The minimum Gasteiger partial charge on any atom is -0.457 e. The summed E-state index contributed by atoms with van der Waals surface area (Å²) in [6.45, 7) is 3.89. The lowest BCUT2D eigenvalue weighted by molar-refractivity contribution is -0.301. The molecule has 6 atom stereocenters. The maximum absolute atomic E-state index is 12.9. The molecule has 0 radical (unpaired) electrons. The van der Waals surface area contributed by atoms with E-state index < -0.39 is 59.8 Å². The highest BCUT2D eigenvalue weighted by molar-refractivity contribution is 7.80. The summed E-state index contributed by atoms with van der Waals surface area (Å²) in [6, 6.07) is 0. The smallest absolute Gasteiger partial charge is 0.397 e. The van der Waals surface area contributed by atoms with Crippen LogP contribution in [0.3, 0.4) is 0 Å². The lowest BCUT2D eigenvalue weighted by atomic mass is 9.99. The van der Waals surface area contributed by atoms with E-state index in [1.54, 1.807) is 0 Å². The number of carbonyl (C=O) groups is 1. The van der Waals surface area contributed by atoms with Crippen LogP contribution in [0.5, 0.6) is 0 Å². The number of aliphatic hydroxyl groups excluding tert-OH is 3. The lowest BCUT2D eigenvalue weighted by Crippen LogP contribution is -2.60. The molecule has 1 heterocycles. The van der Waals surface area contributed by atoms with Gasteiger partial charge in [0.15, 0.2) is 6.29 Å². The van der Waals surface area contributed by atoms with Gasteiger partial charge in [0.05, 0.1) is 19.8 Å². The average Bonchev–Trinajstić information content (AvgIpc) is 3.29. The Hall–Kier alpha value is -2.20. The molecule has 1 aliphatic heterocycles. The van der Waals surface area contributed by atoms with Crippen LogP contribution < -0.4 is 0 Å². The second-order valence-corrected chi connectivity index (χ2v) is 18.8. The van der Waals surface area contributed by atoms with E-state index in [4.69, 9.17) is 18.9 Å². The number of esters is 1. The standard InChI is InChI=1S/C53H94O12S/c1-3-5-7-9-11-13-15-17-19-21-22-23-24-25-26-27-28-30-32-34-36-38-40-42-49(55)63-47(46-62-53-51(57)52(65-66(58,59)60)50(56)48(44-54)64-53)45-61-43-41-39-37-35-33-31-29-20-18-16-14-12-10-8-6-4-2/h5,7,11,13,17,19,22-23,25-26,47-48,50-54,56-57H,3-4,6,8-10,12,14-16,18,20-21,24,27-46H2,1-2H3,(H,58,59,60)/b7-5-,13-11-,19-17-,23-22-,26-25-. The summed E-state index contributed by atoms with van der Waals surface area (Å²) in [5.41, 5.74) is 0. The van der Waals surface area contributed by atoms with Crippen molar-refractivity contribution in [3.05, 3.63) is 60.8 Å². The Balaban J connectivity index is 2.36. The van der Waals surface area contributed by atoms with Crippen molar-refractivity contribution in [3.8, 4) is 0 Å². The predicted octanol–water partition coefficient (Wildman–Crippen LogP) is 12.1. The van der Waals surface area contributed by atoms with E-state index in [0.717, 1.165) is 83.5 Å². The van der Waals surface area contributed by atoms with Crippen molar-refractivity contribution >= 4 is 16.4 Å². The van der Waals surface area contributed by atoms with Crippen LogP contribution in [-0.4, -0.2) is 97.5 Å². The molecular formula is C53H94O12S. The van der Waals surface area contributed by atoms with Gasteiger partial charge in [-0.05, 0) is 57.8 Å². The molecule has 1 aliphatic rings. The molecule has 0 bridgehead atoms. The molecule has 0 amide bonds. The molecule has 384 valence electrons. The fourth-order valence-electron chi connectivity index (χ4n) is 7.76. The van der Waals surface area contributed by atoms with Gasteiger partial charge < -0.3 is 34.3 Å². The number of hydrogen-bond acceptors (Lipinski definition) is 11. The Morgan fingerprint density at radius 1 is 0.591 bits per heavy atom. The summed E-state index contributed by atoms with van der Waals surface area (Å²) < 4.78 is 59.3. The topological polar surface area (TPSA) is 178 Å². The predicted molar refractivity (Wildman–Crippen MR) is 266 cm³/mol. The van der Waals surface area contributed by atoms with Crippen molar-refractivity contribution in [2.45, 2.75) is 243 Å². The molecule has 0 aromatic carbocycles. The van der Waals surface area contributed by atoms with Crippen LogP contribution in [-0.2, 0) is 38.3 Å². The minimum atomic E-state index is -5.07. The number of ether oxygens (including phenoxy) is 4. The third-order valence-electron chi connectivity index (χ3n) is 11.7. The van der Waals surface area contributed by atoms with Crippen molar-refractivity contribution in [2.24, 2.45) is 0 Å². The fourth-order valence-corrected chi connectivity index (χ4v) is 8.27. The first-order valence-corrected chi connectivity index (χ1v) is 27.4. The number of carbonyl (C=O) groups excluding carboxylic acids is 1. The molecule has 1 saturated heterocycles. The molecule has 66 heavy (non-hydrogen) atoms. The van der Waals surface area contributed by atoms with Gasteiger partial charge >= 0.3 is 16.4 Å². The summed E-state index contributed by atoms with van der Waals surface area (Å²) in [4.78, 5) is 12.9. The van der Waals surface area contributed by atoms with Crippen molar-refractivity contribution < 1.29 is 56.2 Å². The molecule has 0 aliphatic carbocycles. The van der Waals surface area contributed by atoms with Gasteiger partial charge in [-0.3, -0.25) is 9.35 Å². The maximum atomic E-state index is 12.9. The van der Waals surface area contributed by atoms with E-state index in [-0.39, 0.29) is 19.6 Å². The summed E-state index contributed by atoms with van der Waals surface area (Å²) in [5.74, 6) is -0.409. The molecule has 13 heteroatoms. The van der Waals surface area contributed by atoms with Crippen LogP contribution >= 0.6 is 0 Å². The molecule has 0 aromatic heterocycles. The van der Waals surface area contributed by atoms with Crippen LogP contribution in [0, 0.1) is 0 Å². The second kappa shape index (κ2) is 44.0. The van der Waals surface area contributed by atoms with Gasteiger partial charge in [0, 0.05) is 13.0 Å². The van der Waals surface area contributed by atoms with Gasteiger partial charge in [0.25, 0.3) is 0 Å². The maximum Gasteiger partial charge on any atom is 0.397 e. The Labute approximate surface area is 401 Å². The van der Waals surface area contributed by atoms with E-state index in [1.807, 2.05) is 0 Å². The highest BCUT2D eigenvalue weighted by atomic mass is 32.3. The summed E-state index contributed by atoms with van der Waals surface area (Å²) in [6.07, 6.45) is 46.7. The number of allylic oxidation sites excluding steroid dienone is 10. The number of aliphatic hydroxyl groups is 3. The lowest BCUT2D eigenvalue weighted by Gasteiger charge is -2.41. The molecule has 0 aromatic rings. The Morgan fingerprint density at radius 3 is 1.53 bits per heavy atom. The quantitative estimate of drug-likeness (QED) is 0.0197. The van der Waals surface area contributed by atoms with E-state index in [0.29, 0.717) is 13.0 Å². The van der Waals surface area contributed by atoms with Crippen molar-refractivity contribution in [2.75, 3.05) is 26.4 Å². The average molecular weight is 955 g/mol. The number of hydrogen-bond donors (Lipinski definition) is 4. The van der Waals surface area contributed by atoms with Gasteiger partial charge in [-0.15, -0.1) is 0 Å². The van der Waals surface area contributed by atoms with Crippen LogP contribution in [0.1, 0.15) is 206 Å². The first-order chi connectivity index (χ1) is 32.1. The van der Waals surface area contributed by atoms with Crippen molar-refractivity contribution in [1.29, 1.82) is 0 Å². The number of rotatable bonds is 45. The van der Waals surface area contributed by atoms with Crippen LogP contribution in [0.4, 0.5) is 0 Å². The highest BCUT2D eigenvalue weighted by Gasteiger charge is 2.48. The Kier molecular flexibility index (Phi) is 41.2. The minimum absolute atomic E-state index is 0.0317. The second-order valence-electron chi connectivity index (χ2n) is 17.7. The summed E-state index contributed by atoms with van der Waals surface area (Å²) in [7, 11) is -5.07. The Bertz CT molecular complexity index is 1380. The summed E-state index contributed by atoms with van der Waals surface area (Å²) >= 11 is 0. The van der Waals surface area contributed by atoms with Gasteiger partial charge in [0.1, 0.15) is 30.5 Å². The third kappa shape index (κ3) is 36.8. The monoisotopic (exact) mass is 955 g/mol. The van der Waals surface area contributed by atoms with E-state index in [9.17, 15) is 33.1 Å². The largest absolute Gasteiger partial charge is 0.457 e. The first-order valence-electron chi connectivity index (χ1n) is 26.0. The van der Waals surface area contributed by atoms with Crippen LogP contribution in [0.25, 0.3) is 0 Å². The fraction of sp³-hybridized carbons (Fsp3) is 0.792. The van der Waals surface area contributed by atoms with E-state index in [1.165, 1.54) is 96.3 Å².